The largest absolute Gasteiger partial charge is 0.464 e. The van der Waals surface area contributed by atoms with Crippen molar-refractivity contribution in [3.8, 4) is 0 Å². The summed E-state index contributed by atoms with van der Waals surface area (Å²) in [4.78, 5) is 12.7. The Kier molecular flexibility index (Phi) is 6.43. The number of benzene rings is 2. The van der Waals surface area contributed by atoms with Crippen molar-refractivity contribution < 1.29 is 17.6 Å². The zero-order chi connectivity index (χ0) is 21.8. The molecule has 0 saturated carbocycles. The van der Waals surface area contributed by atoms with Crippen LogP contribution in [0.3, 0.4) is 0 Å². The highest BCUT2D eigenvalue weighted by Crippen LogP contribution is 2.23. The SMILES string of the molecule is CCc1ccc2c(CC(=O)NCc3ccc(S(=O)(=O)N4CCCCC4)cc3)coc2c1. The van der Waals surface area contributed by atoms with Gasteiger partial charge >= 0.3 is 0 Å². The molecule has 0 atom stereocenters. The zero-order valence-electron chi connectivity index (χ0n) is 17.8. The summed E-state index contributed by atoms with van der Waals surface area (Å²) in [7, 11) is -3.43. The standard InChI is InChI=1S/C24H28N2O4S/c1-2-18-8-11-22-20(17-30-23(22)14-18)15-24(27)25-16-19-6-9-21(10-7-19)31(28,29)26-12-4-3-5-13-26/h6-11,14,17H,2-5,12-13,15-16H2,1H3,(H,25,27). The predicted molar refractivity (Wildman–Crippen MR) is 120 cm³/mol. The summed E-state index contributed by atoms with van der Waals surface area (Å²) in [5.74, 6) is -0.104. The molecule has 3 aromatic rings. The molecule has 2 heterocycles. The van der Waals surface area contributed by atoms with Gasteiger partial charge in [0.1, 0.15) is 5.58 Å². The third kappa shape index (κ3) is 4.83. The number of carbonyl (C=O) groups excluding carboxylic acids is 1. The number of nitrogens with zero attached hydrogens (tertiary/aromatic N) is 1. The average Bonchev–Trinajstić information content (AvgIpc) is 3.20. The van der Waals surface area contributed by atoms with Crippen LogP contribution in [-0.2, 0) is 34.2 Å². The van der Waals surface area contributed by atoms with Crippen LogP contribution in [0.2, 0.25) is 0 Å². The minimum absolute atomic E-state index is 0.104. The molecule has 164 valence electrons. The number of sulfonamides is 1. The van der Waals surface area contributed by atoms with Crippen LogP contribution in [0.5, 0.6) is 0 Å². The van der Waals surface area contributed by atoms with Gasteiger partial charge in [-0.2, -0.15) is 4.31 Å². The Morgan fingerprint density at radius 3 is 2.45 bits per heavy atom. The van der Waals surface area contributed by atoms with Crippen LogP contribution >= 0.6 is 0 Å². The maximum Gasteiger partial charge on any atom is 0.243 e. The molecule has 6 nitrogen and oxygen atoms in total. The average molecular weight is 441 g/mol. The summed E-state index contributed by atoms with van der Waals surface area (Å²) in [5, 5.41) is 3.86. The molecular formula is C24H28N2O4S. The lowest BCUT2D eigenvalue weighted by Crippen LogP contribution is -2.35. The minimum atomic E-state index is -3.43. The summed E-state index contributed by atoms with van der Waals surface area (Å²) in [5.41, 5.74) is 3.71. The Morgan fingerprint density at radius 1 is 1.03 bits per heavy atom. The molecule has 0 radical (unpaired) electrons. The van der Waals surface area contributed by atoms with Crippen LogP contribution in [0.25, 0.3) is 11.0 Å². The lowest BCUT2D eigenvalue weighted by atomic mass is 10.1. The lowest BCUT2D eigenvalue weighted by molar-refractivity contribution is -0.120. The van der Waals surface area contributed by atoms with Gasteiger partial charge in [0, 0.05) is 30.6 Å². The van der Waals surface area contributed by atoms with Gasteiger partial charge in [-0.25, -0.2) is 8.42 Å². The van der Waals surface area contributed by atoms with E-state index in [1.165, 1.54) is 5.56 Å². The smallest absolute Gasteiger partial charge is 0.243 e. The van der Waals surface area contributed by atoms with E-state index in [1.54, 1.807) is 34.8 Å². The maximum atomic E-state index is 12.7. The Morgan fingerprint density at radius 2 is 1.74 bits per heavy atom. The summed E-state index contributed by atoms with van der Waals surface area (Å²) in [6, 6.07) is 12.8. The van der Waals surface area contributed by atoms with Gasteiger partial charge in [0.2, 0.25) is 15.9 Å². The number of hydrogen-bond acceptors (Lipinski definition) is 4. The lowest BCUT2D eigenvalue weighted by Gasteiger charge is -2.25. The van der Waals surface area contributed by atoms with E-state index in [2.05, 4.69) is 18.3 Å². The second-order valence-electron chi connectivity index (χ2n) is 8.01. The van der Waals surface area contributed by atoms with Gasteiger partial charge in [0.05, 0.1) is 17.6 Å². The molecule has 1 aliphatic heterocycles. The Balaban J connectivity index is 1.35. The van der Waals surface area contributed by atoms with Gasteiger partial charge in [-0.05, 0) is 48.6 Å². The number of carbonyl (C=O) groups is 1. The molecular weight excluding hydrogens is 412 g/mol. The Hall–Kier alpha value is -2.64. The van der Waals surface area contributed by atoms with Crippen LogP contribution in [0.1, 0.15) is 42.9 Å². The number of amides is 1. The third-order valence-corrected chi connectivity index (χ3v) is 7.76. The van der Waals surface area contributed by atoms with Crippen LogP contribution in [-0.4, -0.2) is 31.7 Å². The Bertz CT molecular complexity index is 1160. The summed E-state index contributed by atoms with van der Waals surface area (Å²) in [6.07, 6.45) is 5.72. The molecule has 7 heteroatoms. The number of piperidine rings is 1. The number of fused-ring (bicyclic) bond motifs is 1. The van der Waals surface area contributed by atoms with Crippen molar-refractivity contribution in [2.45, 2.75) is 50.5 Å². The van der Waals surface area contributed by atoms with Gasteiger partial charge in [-0.1, -0.05) is 37.6 Å². The first kappa shape index (κ1) is 21.6. The first-order chi connectivity index (χ1) is 15.0. The van der Waals surface area contributed by atoms with Gasteiger partial charge in [0.25, 0.3) is 0 Å². The van der Waals surface area contributed by atoms with Crippen molar-refractivity contribution in [3.05, 3.63) is 65.4 Å². The molecule has 0 spiro atoms. The van der Waals surface area contributed by atoms with Crippen molar-refractivity contribution in [1.29, 1.82) is 0 Å². The monoisotopic (exact) mass is 440 g/mol. The van der Waals surface area contributed by atoms with E-state index in [9.17, 15) is 13.2 Å². The highest BCUT2D eigenvalue weighted by molar-refractivity contribution is 7.89. The second kappa shape index (κ2) is 9.24. The van der Waals surface area contributed by atoms with Crippen LogP contribution in [0.15, 0.2) is 58.0 Å². The molecule has 0 bridgehead atoms. The highest BCUT2D eigenvalue weighted by Gasteiger charge is 2.25. The summed E-state index contributed by atoms with van der Waals surface area (Å²) < 4.78 is 32.6. The van der Waals surface area contributed by atoms with Crippen molar-refractivity contribution >= 4 is 26.9 Å². The Labute approximate surface area is 183 Å². The van der Waals surface area contributed by atoms with Gasteiger partial charge in [0.15, 0.2) is 0 Å². The van der Waals surface area contributed by atoms with E-state index in [1.807, 2.05) is 12.1 Å². The molecule has 4 rings (SSSR count). The third-order valence-electron chi connectivity index (χ3n) is 5.85. The second-order valence-corrected chi connectivity index (χ2v) is 9.95. The van der Waals surface area contributed by atoms with E-state index in [4.69, 9.17) is 4.42 Å². The molecule has 31 heavy (non-hydrogen) atoms. The topological polar surface area (TPSA) is 79.6 Å². The van der Waals surface area contributed by atoms with E-state index in [0.717, 1.165) is 47.8 Å². The number of nitrogens with one attached hydrogen (secondary N) is 1. The molecule has 1 aromatic heterocycles. The molecule has 1 aliphatic rings. The van der Waals surface area contributed by atoms with Crippen molar-refractivity contribution in [3.63, 3.8) is 0 Å². The quantitative estimate of drug-likeness (QED) is 0.602. The minimum Gasteiger partial charge on any atom is -0.464 e. The van der Waals surface area contributed by atoms with Gasteiger partial charge in [-0.3, -0.25) is 4.79 Å². The van der Waals surface area contributed by atoms with Gasteiger partial charge < -0.3 is 9.73 Å². The normalized spacial score (nSPS) is 15.3. The van der Waals surface area contributed by atoms with E-state index in [-0.39, 0.29) is 12.3 Å². The number of furan rings is 1. The molecule has 1 saturated heterocycles. The van der Waals surface area contributed by atoms with Crippen LogP contribution in [0, 0.1) is 0 Å². The first-order valence-electron chi connectivity index (χ1n) is 10.8. The molecule has 1 amide bonds. The summed E-state index contributed by atoms with van der Waals surface area (Å²) in [6.45, 7) is 3.61. The number of hydrogen-bond donors (Lipinski definition) is 1. The highest BCUT2D eigenvalue weighted by atomic mass is 32.2. The molecule has 0 unspecified atom stereocenters. The van der Waals surface area contributed by atoms with Crippen molar-refractivity contribution in [2.24, 2.45) is 0 Å². The van der Waals surface area contributed by atoms with Crippen molar-refractivity contribution in [1.82, 2.24) is 9.62 Å². The van der Waals surface area contributed by atoms with Crippen LogP contribution in [0.4, 0.5) is 0 Å². The van der Waals surface area contributed by atoms with Crippen molar-refractivity contribution in [2.75, 3.05) is 13.1 Å². The zero-order valence-corrected chi connectivity index (χ0v) is 18.6. The van der Waals surface area contributed by atoms with Crippen LogP contribution < -0.4 is 5.32 Å². The molecule has 1 N–H and O–H groups in total. The predicted octanol–water partition coefficient (Wildman–Crippen LogP) is 4.03. The number of rotatable bonds is 7. The fourth-order valence-electron chi connectivity index (χ4n) is 3.95. The van der Waals surface area contributed by atoms with E-state index >= 15 is 0 Å². The first-order valence-corrected chi connectivity index (χ1v) is 12.3. The van der Waals surface area contributed by atoms with E-state index in [0.29, 0.717) is 24.5 Å². The number of aryl methyl sites for hydroxylation is 1. The fraction of sp³-hybridized carbons (Fsp3) is 0.375. The van der Waals surface area contributed by atoms with Gasteiger partial charge in [-0.15, -0.1) is 0 Å². The summed E-state index contributed by atoms with van der Waals surface area (Å²) >= 11 is 0. The molecule has 0 aliphatic carbocycles. The fourth-order valence-corrected chi connectivity index (χ4v) is 5.47. The molecule has 2 aromatic carbocycles. The maximum absolute atomic E-state index is 12.7. The van der Waals surface area contributed by atoms with E-state index < -0.39 is 10.0 Å². The molecule has 1 fully saturated rings.